The van der Waals surface area contributed by atoms with Crippen LogP contribution < -0.4 is 0 Å². The van der Waals surface area contributed by atoms with Crippen LogP contribution in [0.25, 0.3) is 0 Å². The summed E-state index contributed by atoms with van der Waals surface area (Å²) in [7, 11) is 0. The highest BCUT2D eigenvalue weighted by molar-refractivity contribution is 7.99. The Morgan fingerprint density at radius 1 is 1.11 bits per heavy atom. The van der Waals surface area contributed by atoms with Crippen LogP contribution >= 0.6 is 11.8 Å². The molecule has 0 heterocycles. The summed E-state index contributed by atoms with van der Waals surface area (Å²) in [5.74, 6) is -0.290. The van der Waals surface area contributed by atoms with Crippen molar-refractivity contribution in [3.8, 4) is 0 Å². The molecule has 0 unspecified atom stereocenters. The second kappa shape index (κ2) is 5.55. The quantitative estimate of drug-likeness (QED) is 0.888. The maximum atomic E-state index is 13.9. The summed E-state index contributed by atoms with van der Waals surface area (Å²) in [6.07, 6.45) is -0.674. The van der Waals surface area contributed by atoms with E-state index in [1.54, 1.807) is 19.1 Å². The highest BCUT2D eigenvalue weighted by Gasteiger charge is 2.14. The molecule has 3 heteroatoms. The molecule has 0 radical (unpaired) electrons. The molecule has 2 aromatic carbocycles. The molecule has 0 aliphatic carbocycles. The van der Waals surface area contributed by atoms with Crippen molar-refractivity contribution in [1.82, 2.24) is 0 Å². The molecular weight excluding hydrogens is 247 g/mol. The monoisotopic (exact) mass is 262 g/mol. The van der Waals surface area contributed by atoms with Crippen molar-refractivity contribution in [2.45, 2.75) is 29.7 Å². The van der Waals surface area contributed by atoms with Crippen LogP contribution in [0.3, 0.4) is 0 Å². The molecule has 0 fully saturated rings. The van der Waals surface area contributed by atoms with Gasteiger partial charge < -0.3 is 5.11 Å². The van der Waals surface area contributed by atoms with Gasteiger partial charge in [0.05, 0.1) is 11.0 Å². The third-order valence-corrected chi connectivity index (χ3v) is 4.07. The van der Waals surface area contributed by atoms with Crippen molar-refractivity contribution in [2.75, 3.05) is 0 Å². The molecule has 0 bridgehead atoms. The van der Waals surface area contributed by atoms with E-state index in [0.717, 1.165) is 10.5 Å². The van der Waals surface area contributed by atoms with Crippen LogP contribution in [0.15, 0.2) is 52.3 Å². The Morgan fingerprint density at radius 3 is 2.50 bits per heavy atom. The Balaban J connectivity index is 2.43. The highest BCUT2D eigenvalue weighted by atomic mass is 32.2. The summed E-state index contributed by atoms with van der Waals surface area (Å²) in [5, 5.41) is 9.70. The van der Waals surface area contributed by atoms with Crippen molar-refractivity contribution in [3.05, 3.63) is 59.4 Å². The zero-order chi connectivity index (χ0) is 13.1. The van der Waals surface area contributed by atoms with Gasteiger partial charge in [-0.05, 0) is 37.1 Å². The van der Waals surface area contributed by atoms with E-state index >= 15 is 0 Å². The molecule has 1 atom stereocenters. The van der Waals surface area contributed by atoms with Crippen molar-refractivity contribution in [1.29, 1.82) is 0 Å². The van der Waals surface area contributed by atoms with E-state index in [0.29, 0.717) is 10.5 Å². The molecule has 0 aromatic heterocycles. The molecule has 0 saturated heterocycles. The number of rotatable bonds is 3. The van der Waals surface area contributed by atoms with Gasteiger partial charge >= 0.3 is 0 Å². The van der Waals surface area contributed by atoms with Gasteiger partial charge in [-0.1, -0.05) is 42.1 Å². The second-order valence-electron chi connectivity index (χ2n) is 4.20. The molecule has 0 amide bonds. The van der Waals surface area contributed by atoms with Gasteiger partial charge in [-0.2, -0.15) is 0 Å². The van der Waals surface area contributed by atoms with Gasteiger partial charge in [-0.3, -0.25) is 0 Å². The minimum Gasteiger partial charge on any atom is -0.389 e. The molecule has 94 valence electrons. The fourth-order valence-corrected chi connectivity index (χ4v) is 2.86. The topological polar surface area (TPSA) is 20.2 Å². The molecule has 1 nitrogen and oxygen atoms in total. The van der Waals surface area contributed by atoms with Gasteiger partial charge in [0, 0.05) is 4.90 Å². The normalized spacial score (nSPS) is 12.4. The summed E-state index contributed by atoms with van der Waals surface area (Å²) >= 11 is 1.36. The maximum Gasteiger partial charge on any atom is 0.137 e. The number of hydrogen-bond acceptors (Lipinski definition) is 2. The fourth-order valence-electron chi connectivity index (χ4n) is 1.74. The Hall–Kier alpha value is -1.32. The van der Waals surface area contributed by atoms with Gasteiger partial charge in [-0.15, -0.1) is 0 Å². The highest BCUT2D eigenvalue weighted by Crippen LogP contribution is 2.36. The number of halogens is 1. The van der Waals surface area contributed by atoms with Gasteiger partial charge in [0.1, 0.15) is 5.82 Å². The SMILES string of the molecule is Cc1ccccc1Sc1c(F)cccc1[C@H](C)O. The minimum atomic E-state index is -0.674. The predicted octanol–water partition coefficient (Wildman–Crippen LogP) is 4.34. The predicted molar refractivity (Wildman–Crippen MR) is 72.3 cm³/mol. The van der Waals surface area contributed by atoms with Crippen molar-refractivity contribution < 1.29 is 9.50 Å². The van der Waals surface area contributed by atoms with E-state index in [4.69, 9.17) is 0 Å². The van der Waals surface area contributed by atoms with Crippen LogP contribution in [0.4, 0.5) is 4.39 Å². The molecule has 1 N–H and O–H groups in total. The summed E-state index contributed by atoms with van der Waals surface area (Å²) in [6.45, 7) is 3.64. The first-order valence-corrected chi connectivity index (χ1v) is 6.61. The average Bonchev–Trinajstić information content (AvgIpc) is 2.34. The van der Waals surface area contributed by atoms with E-state index < -0.39 is 6.10 Å². The first kappa shape index (κ1) is 13.1. The van der Waals surface area contributed by atoms with Gasteiger partial charge in [0.15, 0.2) is 0 Å². The Morgan fingerprint density at radius 2 is 1.83 bits per heavy atom. The van der Waals surface area contributed by atoms with Crippen molar-refractivity contribution in [2.24, 2.45) is 0 Å². The van der Waals surface area contributed by atoms with Gasteiger partial charge in [0.2, 0.25) is 0 Å². The van der Waals surface area contributed by atoms with Crippen LogP contribution in [0.2, 0.25) is 0 Å². The standard InChI is InChI=1S/C15H15FOS/c1-10-6-3-4-9-14(10)18-15-12(11(2)17)7-5-8-13(15)16/h3-9,11,17H,1-2H3/t11-/m0/s1. The van der Waals surface area contributed by atoms with Crippen LogP contribution in [-0.4, -0.2) is 5.11 Å². The van der Waals surface area contributed by atoms with E-state index in [9.17, 15) is 9.50 Å². The zero-order valence-electron chi connectivity index (χ0n) is 10.4. The van der Waals surface area contributed by atoms with Crippen LogP contribution in [0, 0.1) is 12.7 Å². The lowest BCUT2D eigenvalue weighted by atomic mass is 10.1. The average molecular weight is 262 g/mol. The summed E-state index contributed by atoms with van der Waals surface area (Å²) in [5.41, 5.74) is 1.73. The summed E-state index contributed by atoms with van der Waals surface area (Å²) in [6, 6.07) is 12.6. The molecule has 2 rings (SSSR count). The van der Waals surface area contributed by atoms with E-state index in [2.05, 4.69) is 0 Å². The largest absolute Gasteiger partial charge is 0.389 e. The first-order valence-electron chi connectivity index (χ1n) is 5.79. The fraction of sp³-hybridized carbons (Fsp3) is 0.200. The van der Waals surface area contributed by atoms with E-state index in [1.165, 1.54) is 17.8 Å². The molecule has 0 aliphatic rings. The third kappa shape index (κ3) is 2.74. The molecule has 0 aliphatic heterocycles. The molecule has 18 heavy (non-hydrogen) atoms. The Kier molecular flexibility index (Phi) is 4.04. The number of aliphatic hydroxyl groups excluding tert-OH is 1. The number of aliphatic hydroxyl groups is 1. The lowest BCUT2D eigenvalue weighted by Gasteiger charge is -2.13. The molecule has 0 saturated carbocycles. The van der Waals surface area contributed by atoms with Crippen LogP contribution in [-0.2, 0) is 0 Å². The number of aryl methyl sites for hydroxylation is 1. The van der Waals surface area contributed by atoms with Crippen LogP contribution in [0.1, 0.15) is 24.2 Å². The lowest BCUT2D eigenvalue weighted by Crippen LogP contribution is -1.96. The zero-order valence-corrected chi connectivity index (χ0v) is 11.2. The van der Waals surface area contributed by atoms with E-state index in [-0.39, 0.29) is 5.82 Å². The summed E-state index contributed by atoms with van der Waals surface area (Å²) in [4.78, 5) is 1.51. The molecular formula is C15H15FOS. The maximum absolute atomic E-state index is 13.9. The van der Waals surface area contributed by atoms with Gasteiger partial charge in [0.25, 0.3) is 0 Å². The van der Waals surface area contributed by atoms with Crippen LogP contribution in [0.5, 0.6) is 0 Å². The first-order chi connectivity index (χ1) is 8.59. The van der Waals surface area contributed by atoms with E-state index in [1.807, 2.05) is 31.2 Å². The molecule has 2 aromatic rings. The number of hydrogen-bond donors (Lipinski definition) is 1. The Labute approximate surface area is 111 Å². The van der Waals surface area contributed by atoms with Crippen molar-refractivity contribution in [3.63, 3.8) is 0 Å². The van der Waals surface area contributed by atoms with Gasteiger partial charge in [-0.25, -0.2) is 4.39 Å². The third-order valence-electron chi connectivity index (χ3n) is 2.75. The minimum absolute atomic E-state index is 0.290. The lowest BCUT2D eigenvalue weighted by molar-refractivity contribution is 0.195. The second-order valence-corrected chi connectivity index (χ2v) is 5.25. The molecule has 0 spiro atoms. The number of benzene rings is 2. The Bertz CT molecular complexity index is 552. The summed E-state index contributed by atoms with van der Waals surface area (Å²) < 4.78 is 13.9. The van der Waals surface area contributed by atoms with Crippen molar-refractivity contribution >= 4 is 11.8 Å². The smallest absolute Gasteiger partial charge is 0.137 e.